The molecule has 0 saturated heterocycles. The molecule has 0 saturated carbocycles. The highest BCUT2D eigenvalue weighted by Gasteiger charge is 2.38. The summed E-state index contributed by atoms with van der Waals surface area (Å²) >= 11 is 0. The van der Waals surface area contributed by atoms with Crippen LogP contribution >= 0.6 is 0 Å². The van der Waals surface area contributed by atoms with E-state index in [1.165, 1.54) is 4.90 Å². The van der Waals surface area contributed by atoms with Gasteiger partial charge in [-0.2, -0.15) is 0 Å². The molecule has 0 spiro atoms. The van der Waals surface area contributed by atoms with Crippen LogP contribution < -0.4 is 10.6 Å². The molecule has 7 nitrogen and oxygen atoms in total. The number of ether oxygens (including phenoxy) is 1. The Balaban J connectivity index is 2.50. The Kier molecular flexibility index (Phi) is 11.4. The molecule has 2 rings (SSSR count). The first kappa shape index (κ1) is 30.4. The summed E-state index contributed by atoms with van der Waals surface area (Å²) in [6, 6.07) is 14.8. The third-order valence-electron chi connectivity index (χ3n) is 6.18. The number of nitrogens with one attached hydrogen (secondary N) is 2. The third kappa shape index (κ3) is 8.65. The van der Waals surface area contributed by atoms with Crippen molar-refractivity contribution in [1.29, 1.82) is 0 Å². The summed E-state index contributed by atoms with van der Waals surface area (Å²) < 4.78 is 5.44. The second kappa shape index (κ2) is 14.2. The summed E-state index contributed by atoms with van der Waals surface area (Å²) in [5, 5.41) is 5.75. The average molecular weight is 520 g/mol. The highest BCUT2D eigenvalue weighted by atomic mass is 16.6. The lowest BCUT2D eigenvalue weighted by atomic mass is 9.94. The van der Waals surface area contributed by atoms with E-state index < -0.39 is 23.8 Å². The van der Waals surface area contributed by atoms with Gasteiger partial charge >= 0.3 is 6.09 Å². The van der Waals surface area contributed by atoms with Gasteiger partial charge in [-0.3, -0.25) is 9.59 Å². The zero-order valence-electron chi connectivity index (χ0n) is 23.4. The van der Waals surface area contributed by atoms with Crippen molar-refractivity contribution in [3.63, 3.8) is 0 Å². The molecule has 0 aliphatic carbocycles. The predicted octanol–water partition coefficient (Wildman–Crippen LogP) is 5.20. The molecule has 7 heteroatoms. The van der Waals surface area contributed by atoms with Gasteiger partial charge in [0.25, 0.3) is 0 Å². The molecular formula is C31H41N3O4. The van der Waals surface area contributed by atoms with Gasteiger partial charge in [0.1, 0.15) is 17.7 Å². The van der Waals surface area contributed by atoms with Crippen molar-refractivity contribution in [2.45, 2.75) is 78.6 Å². The molecule has 204 valence electrons. The van der Waals surface area contributed by atoms with Crippen LogP contribution in [0.3, 0.4) is 0 Å². The van der Waals surface area contributed by atoms with Crippen LogP contribution in [-0.4, -0.2) is 41.0 Å². The van der Waals surface area contributed by atoms with Crippen molar-refractivity contribution in [3.05, 3.63) is 71.3 Å². The molecule has 38 heavy (non-hydrogen) atoms. The fourth-order valence-electron chi connectivity index (χ4n) is 4.10. The van der Waals surface area contributed by atoms with Gasteiger partial charge in [-0.1, -0.05) is 81.6 Å². The van der Waals surface area contributed by atoms with Crippen molar-refractivity contribution in [1.82, 2.24) is 15.5 Å². The number of hydrogen-bond acceptors (Lipinski definition) is 4. The zero-order chi connectivity index (χ0) is 28.3. The van der Waals surface area contributed by atoms with Crippen molar-refractivity contribution < 1.29 is 19.1 Å². The minimum Gasteiger partial charge on any atom is -0.444 e. The maximum Gasteiger partial charge on any atom is 0.408 e. The number of amides is 3. The Morgan fingerprint density at radius 3 is 2.24 bits per heavy atom. The van der Waals surface area contributed by atoms with Crippen LogP contribution in [0.5, 0.6) is 0 Å². The molecule has 2 aromatic rings. The van der Waals surface area contributed by atoms with Crippen LogP contribution in [0.2, 0.25) is 0 Å². The van der Waals surface area contributed by atoms with Crippen LogP contribution in [-0.2, 0) is 20.9 Å². The fourth-order valence-corrected chi connectivity index (χ4v) is 4.10. The first-order valence-electron chi connectivity index (χ1n) is 13.2. The van der Waals surface area contributed by atoms with E-state index in [0.717, 1.165) is 5.56 Å². The minimum atomic E-state index is -0.981. The van der Waals surface area contributed by atoms with Gasteiger partial charge in [0, 0.05) is 18.7 Å². The predicted molar refractivity (Wildman–Crippen MR) is 150 cm³/mol. The number of alkyl carbamates (subject to hydrolysis) is 1. The molecule has 0 aliphatic rings. The van der Waals surface area contributed by atoms with E-state index >= 15 is 0 Å². The quantitative estimate of drug-likeness (QED) is 0.399. The van der Waals surface area contributed by atoms with Crippen molar-refractivity contribution >= 4 is 17.9 Å². The van der Waals surface area contributed by atoms with Crippen molar-refractivity contribution in [2.24, 2.45) is 5.92 Å². The van der Waals surface area contributed by atoms with Gasteiger partial charge in [0.05, 0.1) is 0 Å². The molecule has 0 aromatic heterocycles. The maximum absolute atomic E-state index is 14.2. The number of carbonyl (C=O) groups is 3. The summed E-state index contributed by atoms with van der Waals surface area (Å²) in [4.78, 5) is 42.2. The topological polar surface area (TPSA) is 87.7 Å². The van der Waals surface area contributed by atoms with Gasteiger partial charge in [0.15, 0.2) is 0 Å². The van der Waals surface area contributed by atoms with Crippen LogP contribution in [0.15, 0.2) is 54.6 Å². The number of rotatable bonds is 11. The van der Waals surface area contributed by atoms with Crippen LogP contribution in [0.25, 0.3) is 0 Å². The van der Waals surface area contributed by atoms with E-state index in [4.69, 9.17) is 11.2 Å². The summed E-state index contributed by atoms with van der Waals surface area (Å²) in [7, 11) is 0. The Hall–Kier alpha value is -3.79. The summed E-state index contributed by atoms with van der Waals surface area (Å²) in [5.74, 6) is 1.74. The second-order valence-corrected chi connectivity index (χ2v) is 10.4. The summed E-state index contributed by atoms with van der Waals surface area (Å²) in [6.45, 7) is 11.7. The molecule has 3 atom stereocenters. The molecule has 3 amide bonds. The SMILES string of the molecule is C#Cc1ccccc1C(C(=O)NCc1ccccc1)N(CCC)C(=O)C(NC(=O)OC(C)(C)C)C(C)CC. The maximum atomic E-state index is 14.2. The van der Waals surface area contributed by atoms with E-state index in [2.05, 4.69) is 16.6 Å². The average Bonchev–Trinajstić information content (AvgIpc) is 2.89. The molecule has 0 aliphatic heterocycles. The number of carbonyl (C=O) groups excluding carboxylic acids is 3. The number of terminal acetylenes is 1. The highest BCUT2D eigenvalue weighted by molar-refractivity contribution is 5.92. The Morgan fingerprint density at radius 1 is 1.03 bits per heavy atom. The molecule has 0 heterocycles. The fraction of sp³-hybridized carbons (Fsp3) is 0.452. The van der Waals surface area contributed by atoms with Gasteiger partial charge < -0.3 is 20.3 Å². The monoisotopic (exact) mass is 519 g/mol. The largest absolute Gasteiger partial charge is 0.444 e. The van der Waals surface area contributed by atoms with Crippen molar-refractivity contribution in [2.75, 3.05) is 6.54 Å². The van der Waals surface area contributed by atoms with Crippen LogP contribution in [0.1, 0.15) is 77.1 Å². The highest BCUT2D eigenvalue weighted by Crippen LogP contribution is 2.27. The summed E-state index contributed by atoms with van der Waals surface area (Å²) in [5.41, 5.74) is 1.30. The molecular weight excluding hydrogens is 478 g/mol. The van der Waals surface area contributed by atoms with E-state index in [9.17, 15) is 14.4 Å². The van der Waals surface area contributed by atoms with Crippen LogP contribution in [0, 0.1) is 18.3 Å². The van der Waals surface area contributed by atoms with Gasteiger partial charge in [0.2, 0.25) is 11.8 Å². The third-order valence-corrected chi connectivity index (χ3v) is 6.18. The normalized spacial score (nSPS) is 13.4. The number of nitrogens with zero attached hydrogens (tertiary/aromatic N) is 1. The number of hydrogen-bond donors (Lipinski definition) is 2. The first-order valence-corrected chi connectivity index (χ1v) is 13.2. The van der Waals surface area contributed by atoms with Crippen molar-refractivity contribution in [3.8, 4) is 12.3 Å². The summed E-state index contributed by atoms with van der Waals surface area (Å²) in [6.07, 6.45) is 6.36. The lowest BCUT2D eigenvalue weighted by Gasteiger charge is -2.36. The Morgan fingerprint density at radius 2 is 1.66 bits per heavy atom. The molecule has 0 fully saturated rings. The smallest absolute Gasteiger partial charge is 0.408 e. The van der Waals surface area contributed by atoms with Crippen LogP contribution in [0.4, 0.5) is 4.79 Å². The molecule has 2 N–H and O–H groups in total. The number of benzene rings is 2. The molecule has 3 unspecified atom stereocenters. The molecule has 2 aromatic carbocycles. The van der Waals surface area contributed by atoms with Gasteiger partial charge in [-0.25, -0.2) is 4.79 Å². The Labute approximate surface area is 227 Å². The minimum absolute atomic E-state index is 0.203. The molecule has 0 radical (unpaired) electrons. The van der Waals surface area contributed by atoms with E-state index in [1.807, 2.05) is 51.1 Å². The van der Waals surface area contributed by atoms with E-state index in [-0.39, 0.29) is 17.7 Å². The Bertz CT molecular complexity index is 1120. The second-order valence-electron chi connectivity index (χ2n) is 10.4. The standard InChI is InChI=1S/C31H41N3O4/c1-8-20-34(29(36)26(22(4)9-2)33-30(37)38-31(5,6)7)27(25-19-15-14-18-24(25)10-3)28(35)32-21-23-16-12-11-13-17-23/h3,11-19,22,26-27H,8-9,20-21H2,1-2,4-7H3,(H,32,35)(H,33,37). The first-order chi connectivity index (χ1) is 18.0. The van der Waals surface area contributed by atoms with Gasteiger partial charge in [-0.05, 0) is 50.3 Å². The zero-order valence-corrected chi connectivity index (χ0v) is 23.4. The van der Waals surface area contributed by atoms with E-state index in [1.54, 1.807) is 45.0 Å². The lowest BCUT2D eigenvalue weighted by molar-refractivity contribution is -0.143. The van der Waals surface area contributed by atoms with E-state index in [0.29, 0.717) is 37.1 Å². The van der Waals surface area contributed by atoms with Gasteiger partial charge in [-0.15, -0.1) is 6.42 Å². The lowest BCUT2D eigenvalue weighted by Crippen LogP contribution is -2.55. The molecule has 0 bridgehead atoms.